The third kappa shape index (κ3) is 2.75. The highest BCUT2D eigenvalue weighted by atomic mass is 35.5. The normalized spacial score (nSPS) is 10.4. The Morgan fingerprint density at radius 3 is 2.31 bits per heavy atom. The van der Waals surface area contributed by atoms with Crippen LogP contribution in [0.1, 0.15) is 11.1 Å². The summed E-state index contributed by atoms with van der Waals surface area (Å²) in [6.07, 6.45) is 4.11. The Labute approximate surface area is 105 Å². The average Bonchev–Trinajstić information content (AvgIpc) is 2.27. The minimum Gasteiger partial charge on any atom is -0.201 e. The molecular weight excluding hydrogens is 241 g/mol. The Kier molecular flexibility index (Phi) is 3.47. The lowest BCUT2D eigenvalue weighted by atomic mass is 10.2. The van der Waals surface area contributed by atoms with Crippen molar-refractivity contribution in [1.29, 1.82) is 0 Å². The maximum absolute atomic E-state index is 5.96. The number of pyridine rings is 1. The molecule has 1 heterocycles. The molecule has 2 rings (SSSR count). The smallest absolute Gasteiger partial charge is 0.173 e. The number of nitrogens with zero attached hydrogens (tertiary/aromatic N) is 1. The molecule has 0 fully saturated rings. The predicted octanol–water partition coefficient (Wildman–Crippen LogP) is 3.64. The van der Waals surface area contributed by atoms with Crippen LogP contribution in [0.25, 0.3) is 0 Å². The molecule has 0 saturated carbocycles. The van der Waals surface area contributed by atoms with Gasteiger partial charge in [0.15, 0.2) is 18.9 Å². The Bertz CT molecular complexity index is 492. The van der Waals surface area contributed by atoms with Gasteiger partial charge >= 0.3 is 0 Å². The number of rotatable bonds is 2. The molecule has 0 aliphatic rings. The van der Waals surface area contributed by atoms with Crippen molar-refractivity contribution in [2.75, 3.05) is 0 Å². The third-order valence-electron chi connectivity index (χ3n) is 2.41. The first-order valence-corrected chi connectivity index (χ1v) is 5.80. The summed E-state index contributed by atoms with van der Waals surface area (Å²) in [5.41, 5.74) is 2.40. The molecule has 3 heteroatoms. The van der Waals surface area contributed by atoms with Crippen molar-refractivity contribution in [3.63, 3.8) is 0 Å². The van der Waals surface area contributed by atoms with Crippen LogP contribution >= 0.6 is 23.2 Å². The minimum absolute atomic E-state index is 0.597. The summed E-state index contributed by atoms with van der Waals surface area (Å²) < 4.78 is 2.10. The standard InChI is InChI=1S/C13H12Cl2N/c1-10-4-6-16(7-5-10)9-11-2-3-12(14)13(15)8-11/h2-8H,9H2,1H3/q+1. The molecule has 0 saturated heterocycles. The summed E-state index contributed by atoms with van der Waals surface area (Å²) in [6.45, 7) is 2.88. The van der Waals surface area contributed by atoms with Crippen LogP contribution < -0.4 is 4.57 Å². The fourth-order valence-electron chi connectivity index (χ4n) is 1.49. The van der Waals surface area contributed by atoms with Gasteiger partial charge in [0, 0.05) is 17.7 Å². The van der Waals surface area contributed by atoms with E-state index in [4.69, 9.17) is 23.2 Å². The first-order chi connectivity index (χ1) is 7.65. The second-order valence-corrected chi connectivity index (χ2v) is 4.61. The largest absolute Gasteiger partial charge is 0.201 e. The highest BCUT2D eigenvalue weighted by Gasteiger charge is 2.04. The van der Waals surface area contributed by atoms with Gasteiger partial charge < -0.3 is 0 Å². The summed E-state index contributed by atoms with van der Waals surface area (Å²) in [5.74, 6) is 0. The summed E-state index contributed by atoms with van der Waals surface area (Å²) in [4.78, 5) is 0. The molecule has 0 unspecified atom stereocenters. The zero-order valence-electron chi connectivity index (χ0n) is 8.95. The van der Waals surface area contributed by atoms with E-state index in [0.29, 0.717) is 10.0 Å². The molecule has 0 amide bonds. The lowest BCUT2D eigenvalue weighted by Crippen LogP contribution is -2.33. The SMILES string of the molecule is Cc1cc[n+](Cc2ccc(Cl)c(Cl)c2)cc1. The van der Waals surface area contributed by atoms with Gasteiger partial charge in [-0.2, -0.15) is 0 Å². The molecule has 0 aliphatic heterocycles. The van der Waals surface area contributed by atoms with Crippen LogP contribution in [0.15, 0.2) is 42.7 Å². The summed E-state index contributed by atoms with van der Waals surface area (Å²) in [7, 11) is 0. The van der Waals surface area contributed by atoms with E-state index in [1.54, 1.807) is 0 Å². The average molecular weight is 253 g/mol. The van der Waals surface area contributed by atoms with Crippen LogP contribution in [0.4, 0.5) is 0 Å². The summed E-state index contributed by atoms with van der Waals surface area (Å²) >= 11 is 11.8. The van der Waals surface area contributed by atoms with E-state index >= 15 is 0 Å². The van der Waals surface area contributed by atoms with E-state index in [1.165, 1.54) is 5.56 Å². The van der Waals surface area contributed by atoms with Gasteiger partial charge in [-0.15, -0.1) is 0 Å². The van der Waals surface area contributed by atoms with Crippen molar-refractivity contribution in [3.8, 4) is 0 Å². The van der Waals surface area contributed by atoms with Gasteiger partial charge in [0.2, 0.25) is 0 Å². The number of aryl methyl sites for hydroxylation is 1. The van der Waals surface area contributed by atoms with Crippen LogP contribution in [-0.4, -0.2) is 0 Å². The van der Waals surface area contributed by atoms with Gasteiger partial charge in [-0.1, -0.05) is 29.3 Å². The van der Waals surface area contributed by atoms with E-state index in [-0.39, 0.29) is 0 Å². The maximum atomic E-state index is 5.96. The second-order valence-electron chi connectivity index (χ2n) is 3.80. The van der Waals surface area contributed by atoms with E-state index < -0.39 is 0 Å². The quantitative estimate of drug-likeness (QED) is 0.719. The summed E-state index contributed by atoms with van der Waals surface area (Å²) in [5, 5.41) is 1.20. The van der Waals surface area contributed by atoms with Crippen LogP contribution in [0.3, 0.4) is 0 Å². The highest BCUT2D eigenvalue weighted by Crippen LogP contribution is 2.22. The van der Waals surface area contributed by atoms with Gasteiger partial charge in [0.05, 0.1) is 10.0 Å². The lowest BCUT2D eigenvalue weighted by molar-refractivity contribution is -0.688. The third-order valence-corrected chi connectivity index (χ3v) is 3.15. The second kappa shape index (κ2) is 4.86. The fourth-order valence-corrected chi connectivity index (χ4v) is 1.81. The van der Waals surface area contributed by atoms with Crippen LogP contribution in [0.5, 0.6) is 0 Å². The molecule has 1 aromatic heterocycles. The van der Waals surface area contributed by atoms with Crippen LogP contribution in [0, 0.1) is 6.92 Å². The van der Waals surface area contributed by atoms with Crippen molar-refractivity contribution in [3.05, 3.63) is 63.9 Å². The van der Waals surface area contributed by atoms with Gasteiger partial charge in [-0.05, 0) is 24.6 Å². The lowest BCUT2D eigenvalue weighted by Gasteiger charge is -2.00. The molecular formula is C13H12Cl2N+. The van der Waals surface area contributed by atoms with Gasteiger partial charge in [0.1, 0.15) is 0 Å². The molecule has 0 N–H and O–H groups in total. The predicted molar refractivity (Wildman–Crippen MR) is 66.9 cm³/mol. The van der Waals surface area contributed by atoms with Crippen molar-refractivity contribution in [1.82, 2.24) is 0 Å². The fraction of sp³-hybridized carbons (Fsp3) is 0.154. The Morgan fingerprint density at radius 1 is 1.00 bits per heavy atom. The first kappa shape index (κ1) is 11.4. The zero-order chi connectivity index (χ0) is 11.5. The molecule has 16 heavy (non-hydrogen) atoms. The van der Waals surface area contributed by atoms with Gasteiger partial charge in [-0.25, -0.2) is 4.57 Å². The number of benzene rings is 1. The van der Waals surface area contributed by atoms with Crippen molar-refractivity contribution < 1.29 is 4.57 Å². The molecule has 2 aromatic rings. The van der Waals surface area contributed by atoms with Crippen LogP contribution in [-0.2, 0) is 6.54 Å². The zero-order valence-corrected chi connectivity index (χ0v) is 10.5. The highest BCUT2D eigenvalue weighted by molar-refractivity contribution is 6.41. The Balaban J connectivity index is 2.20. The monoisotopic (exact) mass is 252 g/mol. The topological polar surface area (TPSA) is 3.88 Å². The Morgan fingerprint density at radius 2 is 1.69 bits per heavy atom. The molecule has 82 valence electrons. The van der Waals surface area contributed by atoms with E-state index in [9.17, 15) is 0 Å². The molecule has 0 spiro atoms. The molecule has 1 aromatic carbocycles. The van der Waals surface area contributed by atoms with Crippen molar-refractivity contribution in [2.24, 2.45) is 0 Å². The molecule has 1 nitrogen and oxygen atoms in total. The maximum Gasteiger partial charge on any atom is 0.173 e. The first-order valence-electron chi connectivity index (χ1n) is 5.05. The molecule has 0 aliphatic carbocycles. The number of hydrogen-bond donors (Lipinski definition) is 0. The molecule has 0 atom stereocenters. The van der Waals surface area contributed by atoms with Gasteiger partial charge in [0.25, 0.3) is 0 Å². The van der Waals surface area contributed by atoms with Crippen LogP contribution in [0.2, 0.25) is 10.0 Å². The minimum atomic E-state index is 0.597. The molecule has 0 bridgehead atoms. The Hall–Kier alpha value is -1.05. The number of hydrogen-bond acceptors (Lipinski definition) is 0. The van der Waals surface area contributed by atoms with E-state index in [2.05, 4.69) is 36.0 Å². The van der Waals surface area contributed by atoms with E-state index in [0.717, 1.165) is 12.1 Å². The van der Waals surface area contributed by atoms with Gasteiger partial charge in [-0.3, -0.25) is 0 Å². The van der Waals surface area contributed by atoms with E-state index in [1.807, 2.05) is 18.2 Å². The van der Waals surface area contributed by atoms with Crippen molar-refractivity contribution >= 4 is 23.2 Å². The number of halogens is 2. The number of aromatic nitrogens is 1. The summed E-state index contributed by atoms with van der Waals surface area (Å²) in [6, 6.07) is 9.88. The molecule has 0 radical (unpaired) electrons. The van der Waals surface area contributed by atoms with Crippen molar-refractivity contribution in [2.45, 2.75) is 13.5 Å².